The van der Waals surface area contributed by atoms with E-state index >= 15 is 0 Å². The second kappa shape index (κ2) is 30.7. The molecular weight excluding hydrogens is 1210 g/mol. The van der Waals surface area contributed by atoms with Crippen molar-refractivity contribution in [1.82, 2.24) is 94.7 Å². The highest BCUT2D eigenvalue weighted by Crippen LogP contribution is 2.41. The molecule has 482 valence electrons. The molecule has 30 nitrogen and oxygen atoms in total. The van der Waals surface area contributed by atoms with Crippen LogP contribution in [0.25, 0.3) is 34.4 Å². The Labute approximate surface area is 539 Å². The molecule has 3 aliphatic heterocycles. The number of nitrogens with zero attached hydrogens (tertiary/aromatic N) is 22. The Balaban J connectivity index is 0.000000170. The lowest BCUT2D eigenvalue weighted by atomic mass is 10.1. The van der Waals surface area contributed by atoms with Crippen molar-refractivity contribution in [3.63, 3.8) is 0 Å². The summed E-state index contributed by atoms with van der Waals surface area (Å²) in [5.74, 6) is 17.0. The predicted octanol–water partition coefficient (Wildman–Crippen LogP) is 4.62. The van der Waals surface area contributed by atoms with Crippen molar-refractivity contribution < 1.29 is 31.3 Å². The van der Waals surface area contributed by atoms with E-state index in [4.69, 9.17) is 33.0 Å². The number of nitrogens with two attached hydrogens (primary N) is 2. The molecule has 0 aliphatic carbocycles. The Morgan fingerprint density at radius 2 is 1.30 bits per heavy atom. The van der Waals surface area contributed by atoms with Crippen LogP contribution in [0.15, 0.2) is 110 Å². The second-order valence-corrected chi connectivity index (χ2v) is 23.0. The van der Waals surface area contributed by atoms with Crippen LogP contribution in [0.1, 0.15) is 148 Å². The minimum absolute atomic E-state index is 0. The highest BCUT2D eigenvalue weighted by molar-refractivity contribution is 6.28. The summed E-state index contributed by atoms with van der Waals surface area (Å²) in [4.78, 5) is 65.1. The smallest absolute Gasteiger partial charge is 0.421 e. The number of hydrogen-bond donors (Lipinski definition) is 5. The van der Waals surface area contributed by atoms with E-state index in [-0.39, 0.29) is 47.8 Å². The number of H-pyrrole nitrogens is 1. The van der Waals surface area contributed by atoms with Gasteiger partial charge in [-0.2, -0.15) is 34.3 Å². The molecule has 0 saturated heterocycles. The number of aliphatic imine (C=N–C) groups is 1. The topological polar surface area (TPSA) is 347 Å². The van der Waals surface area contributed by atoms with Gasteiger partial charge >= 0.3 is 6.09 Å². The van der Waals surface area contributed by atoms with Gasteiger partial charge in [0.15, 0.2) is 40.6 Å². The number of halogens is 2. The summed E-state index contributed by atoms with van der Waals surface area (Å²) in [6.45, 7) is 24.6. The SMILES string of the molecule is CC(C)(C)OC(=O)NN.CC[C@@H]1c2[nH]nc[n+]2-c2cnc(NN)nc2N1C(C)C.CC[C@@H]1c2nncn2-c2cnc(-n3ncnc3-c3ccccc3)nc2N1C(C)C.CC[C@@H]1c2nncn2-c2cnc(Cl)nc2N1C(C)C.CN(C)C=NC(=O)c1ccccc1.[Cl-]. The van der Waals surface area contributed by atoms with Crippen molar-refractivity contribution in [3.8, 4) is 34.4 Å². The molecule has 0 saturated carbocycles. The number of hydrogen-bond acceptors (Lipinski definition) is 22. The average molecular weight is 1290 g/mol. The molecule has 9 aromatic rings. The molecule has 7 aromatic heterocycles. The average Bonchev–Trinajstić information content (AvgIpc) is 1.75. The molecule has 7 N–H and O–H groups in total. The van der Waals surface area contributed by atoms with E-state index in [0.717, 1.165) is 76.8 Å². The molecule has 10 heterocycles. The number of ether oxygens (including phenoxy) is 1. The van der Waals surface area contributed by atoms with E-state index in [0.29, 0.717) is 35.4 Å². The number of benzene rings is 2. The molecular formula is C59H79Cl2N27O3. The van der Waals surface area contributed by atoms with E-state index in [1.54, 1.807) is 73.9 Å². The van der Waals surface area contributed by atoms with Crippen LogP contribution < -0.4 is 54.2 Å². The number of anilines is 4. The molecule has 0 radical (unpaired) electrons. The van der Waals surface area contributed by atoms with Gasteiger partial charge in [-0.1, -0.05) is 69.3 Å². The molecule has 2 aromatic carbocycles. The van der Waals surface area contributed by atoms with E-state index in [9.17, 15) is 9.59 Å². The van der Waals surface area contributed by atoms with E-state index in [1.807, 2.05) is 88.0 Å². The van der Waals surface area contributed by atoms with Crippen LogP contribution in [-0.4, -0.2) is 145 Å². The monoisotopic (exact) mass is 1280 g/mol. The van der Waals surface area contributed by atoms with Crippen molar-refractivity contribution in [1.29, 1.82) is 0 Å². The van der Waals surface area contributed by atoms with Gasteiger partial charge in [-0.25, -0.2) is 36.4 Å². The van der Waals surface area contributed by atoms with Crippen molar-refractivity contribution >= 4 is 53.3 Å². The zero-order valence-corrected chi connectivity index (χ0v) is 55.0. The fourth-order valence-corrected chi connectivity index (χ4v) is 10.5. The van der Waals surface area contributed by atoms with Crippen molar-refractivity contribution in [3.05, 3.63) is 133 Å². The maximum absolute atomic E-state index is 11.3. The van der Waals surface area contributed by atoms with Gasteiger partial charge in [-0.15, -0.1) is 25.5 Å². The van der Waals surface area contributed by atoms with Crippen molar-refractivity contribution in [2.75, 3.05) is 34.2 Å². The van der Waals surface area contributed by atoms with E-state index < -0.39 is 11.7 Å². The minimum atomic E-state index is -0.609. The number of amides is 2. The van der Waals surface area contributed by atoms with Gasteiger partial charge in [-0.3, -0.25) is 24.8 Å². The summed E-state index contributed by atoms with van der Waals surface area (Å²) in [5.41, 5.74) is 8.12. The highest BCUT2D eigenvalue weighted by atomic mass is 35.5. The van der Waals surface area contributed by atoms with E-state index in [1.165, 1.54) is 12.7 Å². The standard InChI is InChI=1S/C20H21N9.C12H15ClN6.C12H18N8.C10H12N2O.C5H12N2O2.ClH/c1-4-15-19-26-23-12-27(19)16-10-21-20(25-18(16)28(15)13(2)3)29-17(22-11-24-29)14-8-6-5-7-9-14;1-4-8-11-17-15-6-18(11)9-5-14-12(13)16-10(9)19(8)7(2)3;1-4-8-11-18-15-6-19(11)9-5-14-12(17-13)16-10(9)20(8)7(2)3;1-12(2)8-11-10(13)9-6-4-3-5-7-9;1-5(2,3)9-4(8)7-6;/h5-13,15H,4H2,1-3H3;5-8H,4H2,1-3H3;5-8H,4,13H2,1-3H3,(H,14,16,17);3-8H,1-2H3;6H2,1-3H3,(H,7,8);1H/t15-;2*8-;;;/m111.../s1. The van der Waals surface area contributed by atoms with Crippen LogP contribution in [0.4, 0.5) is 28.2 Å². The van der Waals surface area contributed by atoms with Crippen LogP contribution in [0.5, 0.6) is 0 Å². The summed E-state index contributed by atoms with van der Waals surface area (Å²) in [6, 6.07) is 20.2. The molecule has 0 spiro atoms. The van der Waals surface area contributed by atoms with Crippen LogP contribution in [0, 0.1) is 0 Å². The van der Waals surface area contributed by atoms with Gasteiger partial charge in [0.1, 0.15) is 42.0 Å². The molecule has 2 amide bonds. The predicted molar refractivity (Wildman–Crippen MR) is 341 cm³/mol. The van der Waals surface area contributed by atoms with Gasteiger partial charge in [0.2, 0.25) is 11.2 Å². The second-order valence-electron chi connectivity index (χ2n) is 22.7. The molecule has 32 heteroatoms. The van der Waals surface area contributed by atoms with Gasteiger partial charge < -0.3 is 36.7 Å². The quantitative estimate of drug-likeness (QED) is 0.0224. The molecule has 0 fully saturated rings. The number of fused-ring (bicyclic) bond motifs is 9. The summed E-state index contributed by atoms with van der Waals surface area (Å²) in [5, 5.41) is 28.6. The number of aromatic nitrogens is 18. The molecule has 12 rings (SSSR count). The summed E-state index contributed by atoms with van der Waals surface area (Å²) in [6.07, 6.45) is 15.7. The molecule has 3 atom stereocenters. The first-order valence-electron chi connectivity index (χ1n) is 29.4. The molecule has 3 aliphatic rings. The van der Waals surface area contributed by atoms with Gasteiger partial charge in [0, 0.05) is 48.4 Å². The van der Waals surface area contributed by atoms with Crippen LogP contribution in [0.3, 0.4) is 0 Å². The number of aromatic amines is 1. The van der Waals surface area contributed by atoms with Crippen molar-refractivity contribution in [2.24, 2.45) is 16.7 Å². The number of hydrazine groups is 2. The van der Waals surface area contributed by atoms with Gasteiger partial charge in [0.25, 0.3) is 24.0 Å². The Morgan fingerprint density at radius 1 is 0.747 bits per heavy atom. The number of nitrogen functional groups attached to an aromatic ring is 1. The summed E-state index contributed by atoms with van der Waals surface area (Å²) >= 11 is 5.95. The maximum Gasteiger partial charge on any atom is 0.421 e. The number of nitrogens with one attached hydrogen (secondary N) is 3. The first-order valence-corrected chi connectivity index (χ1v) is 29.8. The minimum Gasteiger partial charge on any atom is -1.00 e. The fourth-order valence-electron chi connectivity index (χ4n) is 10.4. The van der Waals surface area contributed by atoms with Gasteiger partial charge in [-0.05, 0) is 105 Å². The third-order valence-corrected chi connectivity index (χ3v) is 14.3. The molecule has 91 heavy (non-hydrogen) atoms. The lowest BCUT2D eigenvalue weighted by Crippen LogP contribution is -3.00. The number of carbonyl (C=O) groups excluding carboxylic acids is 2. The zero-order valence-electron chi connectivity index (χ0n) is 53.5. The normalized spacial score (nSPS) is 14.9. The van der Waals surface area contributed by atoms with E-state index in [2.05, 4.69) is 153 Å². The fraction of sp³-hybridized carbons (Fsp3) is 0.407. The molecule has 0 unspecified atom stereocenters. The maximum atomic E-state index is 11.3. The highest BCUT2D eigenvalue weighted by Gasteiger charge is 2.40. The first kappa shape index (κ1) is 68.8. The third kappa shape index (κ3) is 15.7. The number of rotatable bonds is 11. The lowest BCUT2D eigenvalue weighted by Gasteiger charge is -2.39. The van der Waals surface area contributed by atoms with Crippen LogP contribution in [0.2, 0.25) is 5.28 Å². The van der Waals surface area contributed by atoms with Crippen LogP contribution >= 0.6 is 11.6 Å². The Bertz CT molecular complexity index is 3840. The van der Waals surface area contributed by atoms with Crippen molar-refractivity contribution in [2.45, 2.75) is 144 Å². The summed E-state index contributed by atoms with van der Waals surface area (Å²) in [7, 11) is 3.64. The Kier molecular flexibility index (Phi) is 23.2. The molecule has 0 bridgehead atoms. The summed E-state index contributed by atoms with van der Waals surface area (Å²) < 4.78 is 12.3. The first-order chi connectivity index (χ1) is 43.1. The lowest BCUT2D eigenvalue weighted by molar-refractivity contribution is -0.608. The zero-order chi connectivity index (χ0) is 65.0. The Hall–Kier alpha value is -9.65. The Morgan fingerprint density at radius 3 is 1.81 bits per heavy atom. The largest absolute Gasteiger partial charge is 1.00 e. The third-order valence-electron chi connectivity index (χ3n) is 14.1. The van der Waals surface area contributed by atoms with Gasteiger partial charge in [0.05, 0.1) is 37.0 Å². The number of carbonyl (C=O) groups is 2. The van der Waals surface area contributed by atoms with Crippen LogP contribution in [-0.2, 0) is 4.74 Å².